The highest BCUT2D eigenvalue weighted by atomic mass is 32.1. The van der Waals surface area contributed by atoms with E-state index in [2.05, 4.69) is 43.2 Å². The summed E-state index contributed by atoms with van der Waals surface area (Å²) < 4.78 is 12.3. The Bertz CT molecular complexity index is 1030. The summed E-state index contributed by atoms with van der Waals surface area (Å²) in [6.45, 7) is 9.36. The summed E-state index contributed by atoms with van der Waals surface area (Å²) in [5.41, 5.74) is 2.93. The smallest absolute Gasteiger partial charge is 0.274 e. The predicted octanol–water partition coefficient (Wildman–Crippen LogP) is 3.97. The third kappa shape index (κ3) is 3.62. The van der Waals surface area contributed by atoms with Crippen LogP contribution in [0, 0.1) is 0 Å². The van der Waals surface area contributed by atoms with Crippen molar-refractivity contribution in [3.8, 4) is 27.1 Å². The highest BCUT2D eigenvalue weighted by Gasteiger charge is 2.39. The third-order valence-corrected chi connectivity index (χ3v) is 6.34. The molecular formula is C21H25N5O2S. The number of fused-ring (bicyclic) bond motifs is 3. The zero-order chi connectivity index (χ0) is 20.2. The number of rotatable bonds is 3. The molecule has 1 aromatic carbocycles. The van der Waals surface area contributed by atoms with Crippen molar-refractivity contribution < 1.29 is 9.47 Å². The molecule has 4 heterocycles. The van der Waals surface area contributed by atoms with Gasteiger partial charge in [0, 0.05) is 35.5 Å². The van der Waals surface area contributed by atoms with Crippen molar-refractivity contribution in [2.45, 2.75) is 64.3 Å². The van der Waals surface area contributed by atoms with E-state index in [1.165, 1.54) is 0 Å². The number of nitrogens with one attached hydrogen (secondary N) is 1. The van der Waals surface area contributed by atoms with Gasteiger partial charge in [0.25, 0.3) is 5.19 Å². The van der Waals surface area contributed by atoms with Gasteiger partial charge in [0.2, 0.25) is 0 Å². The molecule has 3 aromatic rings. The number of benzene rings is 1. The Hall–Kier alpha value is -2.45. The van der Waals surface area contributed by atoms with Gasteiger partial charge < -0.3 is 14.8 Å². The standard InChI is InChI=1S/C21H25N5O2S/c1-20(2)10-14(11-21(3,4)25-20)28-19-24-16-12-27-17-9-13(26-22-7-8-23-26)5-6-15(17)18(16)29-19/h5-9,14,25H,10-12H2,1-4H3. The lowest BCUT2D eigenvalue weighted by molar-refractivity contribution is 0.0555. The lowest BCUT2D eigenvalue weighted by Crippen LogP contribution is -2.60. The van der Waals surface area contributed by atoms with Crippen LogP contribution in [-0.2, 0) is 6.61 Å². The van der Waals surface area contributed by atoms with Crippen molar-refractivity contribution in [2.24, 2.45) is 0 Å². The van der Waals surface area contributed by atoms with Gasteiger partial charge in [-0.15, -0.1) is 0 Å². The SMILES string of the molecule is CC1(C)CC(Oc2nc3c(s2)-c2ccc(-n4nccn4)cc2OC3)CC(C)(C)N1. The molecule has 1 fully saturated rings. The monoisotopic (exact) mass is 411 g/mol. The van der Waals surface area contributed by atoms with Crippen LogP contribution in [0.5, 0.6) is 10.9 Å². The van der Waals surface area contributed by atoms with Crippen LogP contribution >= 0.6 is 11.3 Å². The minimum atomic E-state index is 0.0376. The maximum absolute atomic E-state index is 6.36. The van der Waals surface area contributed by atoms with E-state index < -0.39 is 0 Å². The summed E-state index contributed by atoms with van der Waals surface area (Å²) in [5.74, 6) is 0.826. The van der Waals surface area contributed by atoms with E-state index in [-0.39, 0.29) is 17.2 Å². The first-order valence-corrected chi connectivity index (χ1v) is 10.7. The van der Waals surface area contributed by atoms with Gasteiger partial charge in [-0.3, -0.25) is 0 Å². The van der Waals surface area contributed by atoms with E-state index >= 15 is 0 Å². The van der Waals surface area contributed by atoms with Gasteiger partial charge in [-0.05, 0) is 39.8 Å². The second-order valence-corrected chi connectivity index (χ2v) is 10.0. The number of thiazole rings is 1. The maximum Gasteiger partial charge on any atom is 0.274 e. The molecule has 0 aliphatic carbocycles. The maximum atomic E-state index is 6.36. The minimum Gasteiger partial charge on any atom is -0.486 e. The summed E-state index contributed by atoms with van der Waals surface area (Å²) in [4.78, 5) is 7.44. The molecule has 7 nitrogen and oxygen atoms in total. The Labute approximate surface area is 174 Å². The van der Waals surface area contributed by atoms with E-state index in [1.54, 1.807) is 28.5 Å². The van der Waals surface area contributed by atoms with Crippen LogP contribution in [0.15, 0.2) is 30.6 Å². The predicted molar refractivity (Wildman–Crippen MR) is 112 cm³/mol. The second kappa shape index (κ2) is 6.53. The molecule has 1 saturated heterocycles. The van der Waals surface area contributed by atoms with Crippen molar-refractivity contribution in [1.29, 1.82) is 0 Å². The summed E-state index contributed by atoms with van der Waals surface area (Å²) in [6.07, 6.45) is 5.37. The average Bonchev–Trinajstić information content (AvgIpc) is 3.27. The molecule has 152 valence electrons. The van der Waals surface area contributed by atoms with Crippen molar-refractivity contribution in [1.82, 2.24) is 25.3 Å². The summed E-state index contributed by atoms with van der Waals surface area (Å²) >= 11 is 1.60. The van der Waals surface area contributed by atoms with Crippen LogP contribution in [0.3, 0.4) is 0 Å². The number of aromatic nitrogens is 4. The van der Waals surface area contributed by atoms with Gasteiger partial charge in [0.15, 0.2) is 0 Å². The fraction of sp³-hybridized carbons (Fsp3) is 0.476. The Morgan fingerprint density at radius 2 is 1.86 bits per heavy atom. The van der Waals surface area contributed by atoms with Crippen molar-refractivity contribution >= 4 is 11.3 Å². The van der Waals surface area contributed by atoms with E-state index in [0.29, 0.717) is 6.61 Å². The first kappa shape index (κ1) is 18.6. The molecule has 2 aliphatic rings. The molecule has 5 rings (SSSR count). The van der Waals surface area contributed by atoms with Gasteiger partial charge in [-0.2, -0.15) is 15.0 Å². The van der Waals surface area contributed by atoms with Crippen LogP contribution < -0.4 is 14.8 Å². The van der Waals surface area contributed by atoms with Crippen molar-refractivity contribution in [2.75, 3.05) is 0 Å². The van der Waals surface area contributed by atoms with Crippen LogP contribution in [-0.4, -0.2) is 37.2 Å². The third-order valence-electron chi connectivity index (χ3n) is 5.32. The lowest BCUT2D eigenvalue weighted by atomic mass is 9.81. The molecule has 1 N–H and O–H groups in total. The minimum absolute atomic E-state index is 0.0376. The Kier molecular flexibility index (Phi) is 4.18. The summed E-state index contributed by atoms with van der Waals surface area (Å²) in [6, 6.07) is 6.01. The number of ether oxygens (including phenoxy) is 2. The van der Waals surface area contributed by atoms with E-state index in [1.807, 2.05) is 18.2 Å². The van der Waals surface area contributed by atoms with Crippen LogP contribution in [0.25, 0.3) is 16.1 Å². The van der Waals surface area contributed by atoms with Gasteiger partial charge in [-0.1, -0.05) is 11.3 Å². The highest BCUT2D eigenvalue weighted by molar-refractivity contribution is 7.17. The van der Waals surface area contributed by atoms with E-state index in [9.17, 15) is 0 Å². The Balaban J connectivity index is 1.41. The van der Waals surface area contributed by atoms with E-state index in [0.717, 1.165) is 45.6 Å². The molecule has 0 saturated carbocycles. The molecular weight excluding hydrogens is 386 g/mol. The summed E-state index contributed by atoms with van der Waals surface area (Å²) in [5, 5.41) is 12.8. The van der Waals surface area contributed by atoms with Crippen molar-refractivity contribution in [3.05, 3.63) is 36.3 Å². The Morgan fingerprint density at radius 1 is 1.14 bits per heavy atom. The second-order valence-electron chi connectivity index (χ2n) is 9.08. The molecule has 29 heavy (non-hydrogen) atoms. The molecule has 0 spiro atoms. The molecule has 2 aromatic heterocycles. The number of hydrogen-bond donors (Lipinski definition) is 1. The fourth-order valence-corrected chi connectivity index (χ4v) is 5.60. The van der Waals surface area contributed by atoms with Gasteiger partial charge in [0.1, 0.15) is 24.2 Å². The van der Waals surface area contributed by atoms with E-state index in [4.69, 9.17) is 14.5 Å². The lowest BCUT2D eigenvalue weighted by Gasteiger charge is -2.45. The topological polar surface area (TPSA) is 74.1 Å². The molecule has 0 unspecified atom stereocenters. The number of hydrogen-bond acceptors (Lipinski definition) is 7. The molecule has 0 bridgehead atoms. The highest BCUT2D eigenvalue weighted by Crippen LogP contribution is 2.44. The summed E-state index contributed by atoms with van der Waals surface area (Å²) in [7, 11) is 0. The molecule has 8 heteroatoms. The van der Waals surface area contributed by atoms with Crippen LogP contribution in [0.2, 0.25) is 0 Å². The Morgan fingerprint density at radius 3 is 2.59 bits per heavy atom. The van der Waals surface area contributed by atoms with Gasteiger partial charge in [0.05, 0.1) is 23.0 Å². The molecule has 2 aliphatic heterocycles. The molecule has 0 radical (unpaired) electrons. The zero-order valence-electron chi connectivity index (χ0n) is 17.1. The average molecular weight is 412 g/mol. The largest absolute Gasteiger partial charge is 0.486 e. The molecule has 0 atom stereocenters. The quantitative estimate of drug-likeness (QED) is 0.703. The van der Waals surface area contributed by atoms with Crippen LogP contribution in [0.1, 0.15) is 46.2 Å². The van der Waals surface area contributed by atoms with Gasteiger partial charge >= 0.3 is 0 Å². The normalized spacial score (nSPS) is 19.9. The van der Waals surface area contributed by atoms with Crippen LogP contribution in [0.4, 0.5) is 0 Å². The zero-order valence-corrected chi connectivity index (χ0v) is 17.9. The van der Waals surface area contributed by atoms with Crippen molar-refractivity contribution in [3.63, 3.8) is 0 Å². The first-order valence-electron chi connectivity index (χ1n) is 9.88. The number of piperidine rings is 1. The number of nitrogens with zero attached hydrogens (tertiary/aromatic N) is 4. The molecule has 0 amide bonds. The first-order chi connectivity index (χ1) is 13.8. The fourth-order valence-electron chi connectivity index (χ4n) is 4.58. The van der Waals surface area contributed by atoms with Gasteiger partial charge in [-0.25, -0.2) is 4.98 Å².